The van der Waals surface area contributed by atoms with Gasteiger partial charge in [-0.3, -0.25) is 9.59 Å². The molecule has 0 aromatic heterocycles. The summed E-state index contributed by atoms with van der Waals surface area (Å²) < 4.78 is 0. The summed E-state index contributed by atoms with van der Waals surface area (Å²) >= 11 is 0. The maximum atomic E-state index is 12.8. The van der Waals surface area contributed by atoms with Crippen LogP contribution in [0.4, 0.5) is 11.4 Å². The van der Waals surface area contributed by atoms with Crippen molar-refractivity contribution < 1.29 is 9.59 Å². The summed E-state index contributed by atoms with van der Waals surface area (Å²) in [7, 11) is 0. The molecule has 2 aromatic rings. The Kier molecular flexibility index (Phi) is 5.12. The molecule has 1 saturated heterocycles. The van der Waals surface area contributed by atoms with Crippen LogP contribution in [0.1, 0.15) is 35.6 Å². The summed E-state index contributed by atoms with van der Waals surface area (Å²) in [6, 6.07) is 12.0. The molecule has 0 unspecified atom stereocenters. The lowest BCUT2D eigenvalue weighted by Crippen LogP contribution is -2.28. The molecule has 0 spiro atoms. The molecule has 136 valence electrons. The van der Waals surface area contributed by atoms with Crippen LogP contribution in [-0.4, -0.2) is 18.4 Å². The van der Waals surface area contributed by atoms with E-state index in [2.05, 4.69) is 19.2 Å². The zero-order chi connectivity index (χ0) is 18.8. The normalized spacial score (nSPS) is 16.8. The average Bonchev–Trinajstić information content (AvgIpc) is 3.01. The van der Waals surface area contributed by atoms with E-state index < -0.39 is 0 Å². The van der Waals surface area contributed by atoms with E-state index in [0.29, 0.717) is 6.54 Å². The third-order valence-corrected chi connectivity index (χ3v) is 5.29. The van der Waals surface area contributed by atoms with Crippen molar-refractivity contribution in [3.05, 3.63) is 58.7 Å². The zero-order valence-electron chi connectivity index (χ0n) is 15.9. The van der Waals surface area contributed by atoms with E-state index in [0.717, 1.165) is 34.5 Å². The molecular weight excluding hydrogens is 324 g/mol. The largest absolute Gasteiger partial charge is 0.325 e. The number of nitrogens with one attached hydrogen (secondary N) is 1. The van der Waals surface area contributed by atoms with Gasteiger partial charge in [-0.1, -0.05) is 31.2 Å². The Morgan fingerprint density at radius 3 is 2.58 bits per heavy atom. The molecule has 0 aliphatic carbocycles. The standard InChI is InChI=1S/C22H26N2O2/c1-5-17-8-6-7-15(3)21(17)23-22(26)18-12-20(25)24(13-18)19-10-9-14(2)16(4)11-19/h6-11,18H,5,12-13H2,1-4H3,(H,23,26)/t18-/m0/s1. The average molecular weight is 350 g/mol. The molecule has 1 aliphatic heterocycles. The van der Waals surface area contributed by atoms with Crippen LogP contribution in [0.2, 0.25) is 0 Å². The number of amides is 2. The van der Waals surface area contributed by atoms with Crippen LogP contribution in [0.15, 0.2) is 36.4 Å². The van der Waals surface area contributed by atoms with Gasteiger partial charge in [0.15, 0.2) is 0 Å². The Bertz CT molecular complexity index is 857. The number of carbonyl (C=O) groups excluding carboxylic acids is 2. The topological polar surface area (TPSA) is 49.4 Å². The highest BCUT2D eigenvalue weighted by Gasteiger charge is 2.35. The van der Waals surface area contributed by atoms with Gasteiger partial charge in [-0.25, -0.2) is 0 Å². The molecule has 2 aromatic carbocycles. The summed E-state index contributed by atoms with van der Waals surface area (Å²) in [5, 5.41) is 3.07. The van der Waals surface area contributed by atoms with Crippen LogP contribution >= 0.6 is 0 Å². The number of rotatable bonds is 4. The van der Waals surface area contributed by atoms with Gasteiger partial charge >= 0.3 is 0 Å². The van der Waals surface area contributed by atoms with E-state index in [1.807, 2.05) is 50.2 Å². The van der Waals surface area contributed by atoms with Gasteiger partial charge in [0.05, 0.1) is 5.92 Å². The lowest BCUT2D eigenvalue weighted by Gasteiger charge is -2.19. The van der Waals surface area contributed by atoms with Crippen LogP contribution in [0.25, 0.3) is 0 Å². The minimum atomic E-state index is -0.326. The summed E-state index contributed by atoms with van der Waals surface area (Å²) in [5.74, 6) is -0.393. The summed E-state index contributed by atoms with van der Waals surface area (Å²) in [5.41, 5.74) is 6.27. The van der Waals surface area contributed by atoms with Crippen LogP contribution in [0, 0.1) is 26.7 Å². The first kappa shape index (κ1) is 18.2. The Morgan fingerprint density at radius 2 is 1.88 bits per heavy atom. The fourth-order valence-electron chi connectivity index (χ4n) is 3.45. The van der Waals surface area contributed by atoms with Gasteiger partial charge in [-0.2, -0.15) is 0 Å². The maximum Gasteiger partial charge on any atom is 0.229 e. The minimum absolute atomic E-state index is 0.00824. The Hall–Kier alpha value is -2.62. The van der Waals surface area contributed by atoms with Crippen molar-refractivity contribution in [3.63, 3.8) is 0 Å². The molecule has 4 nitrogen and oxygen atoms in total. The molecule has 1 N–H and O–H groups in total. The number of hydrogen-bond donors (Lipinski definition) is 1. The zero-order valence-corrected chi connectivity index (χ0v) is 15.9. The lowest BCUT2D eigenvalue weighted by molar-refractivity contribution is -0.122. The van der Waals surface area contributed by atoms with Crippen molar-refractivity contribution in [2.45, 2.75) is 40.5 Å². The first-order valence-electron chi connectivity index (χ1n) is 9.17. The lowest BCUT2D eigenvalue weighted by atomic mass is 10.0. The number of anilines is 2. The highest BCUT2D eigenvalue weighted by atomic mass is 16.2. The van der Waals surface area contributed by atoms with E-state index in [4.69, 9.17) is 0 Å². The molecule has 1 fully saturated rings. The molecule has 0 bridgehead atoms. The van der Waals surface area contributed by atoms with E-state index in [1.54, 1.807) is 4.90 Å². The number of carbonyl (C=O) groups is 2. The molecule has 0 radical (unpaired) electrons. The quantitative estimate of drug-likeness (QED) is 0.900. The van der Waals surface area contributed by atoms with Gasteiger partial charge in [-0.15, -0.1) is 0 Å². The van der Waals surface area contributed by atoms with Gasteiger partial charge < -0.3 is 10.2 Å². The predicted molar refractivity (Wildman–Crippen MR) is 106 cm³/mol. The second-order valence-electron chi connectivity index (χ2n) is 7.13. The maximum absolute atomic E-state index is 12.8. The Balaban J connectivity index is 1.76. The van der Waals surface area contributed by atoms with E-state index in [-0.39, 0.29) is 24.2 Å². The second kappa shape index (κ2) is 7.32. The number of nitrogens with zero attached hydrogens (tertiary/aromatic N) is 1. The molecule has 26 heavy (non-hydrogen) atoms. The van der Waals surface area contributed by atoms with Crippen molar-refractivity contribution in [1.82, 2.24) is 0 Å². The Morgan fingerprint density at radius 1 is 1.12 bits per heavy atom. The van der Waals surface area contributed by atoms with Crippen LogP contribution in [-0.2, 0) is 16.0 Å². The van der Waals surface area contributed by atoms with E-state index >= 15 is 0 Å². The molecule has 4 heteroatoms. The number of para-hydroxylation sites is 1. The van der Waals surface area contributed by atoms with Crippen molar-refractivity contribution >= 4 is 23.2 Å². The fraction of sp³-hybridized carbons (Fsp3) is 0.364. The summed E-state index contributed by atoms with van der Waals surface area (Å²) in [4.78, 5) is 27.0. The van der Waals surface area contributed by atoms with Gasteiger partial charge in [0, 0.05) is 24.3 Å². The second-order valence-corrected chi connectivity index (χ2v) is 7.13. The molecule has 2 amide bonds. The number of aryl methyl sites for hydroxylation is 4. The Labute approximate surface area is 155 Å². The molecule has 1 heterocycles. The van der Waals surface area contributed by atoms with Gasteiger partial charge in [0.1, 0.15) is 0 Å². The van der Waals surface area contributed by atoms with Crippen molar-refractivity contribution in [2.24, 2.45) is 5.92 Å². The van der Waals surface area contributed by atoms with Crippen molar-refractivity contribution in [2.75, 3.05) is 16.8 Å². The molecule has 0 saturated carbocycles. The smallest absolute Gasteiger partial charge is 0.229 e. The van der Waals surface area contributed by atoms with Gasteiger partial charge in [-0.05, 0) is 61.6 Å². The number of hydrogen-bond acceptors (Lipinski definition) is 2. The van der Waals surface area contributed by atoms with E-state index in [1.165, 1.54) is 5.56 Å². The van der Waals surface area contributed by atoms with Gasteiger partial charge in [0.2, 0.25) is 11.8 Å². The van der Waals surface area contributed by atoms with Crippen LogP contribution < -0.4 is 10.2 Å². The van der Waals surface area contributed by atoms with E-state index in [9.17, 15) is 9.59 Å². The molecular formula is C22H26N2O2. The van der Waals surface area contributed by atoms with Crippen molar-refractivity contribution in [3.8, 4) is 0 Å². The summed E-state index contributed by atoms with van der Waals surface area (Å²) in [6.45, 7) is 8.59. The minimum Gasteiger partial charge on any atom is -0.325 e. The number of benzene rings is 2. The molecule has 1 atom stereocenters. The highest BCUT2D eigenvalue weighted by molar-refractivity contribution is 6.04. The first-order valence-corrected chi connectivity index (χ1v) is 9.17. The van der Waals surface area contributed by atoms with Crippen LogP contribution in [0.5, 0.6) is 0 Å². The van der Waals surface area contributed by atoms with Gasteiger partial charge in [0.25, 0.3) is 0 Å². The molecule has 3 rings (SSSR count). The monoisotopic (exact) mass is 350 g/mol. The van der Waals surface area contributed by atoms with Crippen LogP contribution in [0.3, 0.4) is 0 Å². The summed E-state index contributed by atoms with van der Waals surface area (Å²) in [6.07, 6.45) is 1.11. The third kappa shape index (κ3) is 3.50. The first-order chi connectivity index (χ1) is 12.4. The molecule has 1 aliphatic rings. The highest BCUT2D eigenvalue weighted by Crippen LogP contribution is 2.29. The fourth-order valence-corrected chi connectivity index (χ4v) is 3.45. The SMILES string of the molecule is CCc1cccc(C)c1NC(=O)[C@H]1CC(=O)N(c2ccc(C)c(C)c2)C1. The predicted octanol–water partition coefficient (Wildman–Crippen LogP) is 4.17. The van der Waals surface area contributed by atoms with Crippen molar-refractivity contribution in [1.29, 1.82) is 0 Å². The third-order valence-electron chi connectivity index (χ3n) is 5.29.